The molecule has 1 aliphatic heterocycles. The van der Waals surface area contributed by atoms with Crippen LogP contribution < -0.4 is 9.47 Å². The lowest BCUT2D eigenvalue weighted by Gasteiger charge is -2.32. The zero-order valence-electron chi connectivity index (χ0n) is 14.0. The van der Waals surface area contributed by atoms with E-state index in [2.05, 4.69) is 6.92 Å². The summed E-state index contributed by atoms with van der Waals surface area (Å²) in [5.41, 5.74) is 0.817. The normalized spacial score (nSPS) is 18.3. The Morgan fingerprint density at radius 2 is 2.22 bits per heavy atom. The number of piperidine rings is 1. The van der Waals surface area contributed by atoms with Crippen LogP contribution in [-0.2, 0) is 4.79 Å². The molecule has 1 saturated heterocycles. The summed E-state index contributed by atoms with van der Waals surface area (Å²) in [6, 6.07) is 3.91. The Morgan fingerprint density at radius 3 is 2.87 bits per heavy atom. The summed E-state index contributed by atoms with van der Waals surface area (Å²) >= 11 is 6.22. The fourth-order valence-electron chi connectivity index (χ4n) is 2.83. The molecule has 0 spiro atoms. The van der Waals surface area contributed by atoms with Gasteiger partial charge in [0.2, 0.25) is 5.91 Å². The van der Waals surface area contributed by atoms with Crippen LogP contribution in [-0.4, -0.2) is 37.1 Å². The van der Waals surface area contributed by atoms with Crippen LogP contribution in [0.2, 0.25) is 5.02 Å². The number of ether oxygens (including phenoxy) is 2. The predicted octanol–water partition coefficient (Wildman–Crippen LogP) is 4.16. The van der Waals surface area contributed by atoms with Crippen molar-refractivity contribution in [2.75, 3.05) is 20.3 Å². The van der Waals surface area contributed by atoms with Crippen LogP contribution in [0.1, 0.15) is 38.7 Å². The molecule has 1 atom stereocenters. The largest absolute Gasteiger partial charge is 0.491 e. The van der Waals surface area contributed by atoms with Crippen molar-refractivity contribution in [1.82, 2.24) is 4.90 Å². The number of amides is 1. The molecule has 0 radical (unpaired) electrons. The van der Waals surface area contributed by atoms with Crippen LogP contribution in [0.25, 0.3) is 6.08 Å². The molecule has 1 heterocycles. The van der Waals surface area contributed by atoms with Gasteiger partial charge in [-0.25, -0.2) is 0 Å². The Bertz CT molecular complexity index is 586. The fourth-order valence-corrected chi connectivity index (χ4v) is 3.13. The number of rotatable bonds is 5. The molecule has 4 nitrogen and oxygen atoms in total. The fraction of sp³-hybridized carbons (Fsp3) is 0.500. The summed E-state index contributed by atoms with van der Waals surface area (Å²) in [7, 11) is 1.56. The van der Waals surface area contributed by atoms with Crippen LogP contribution >= 0.6 is 11.6 Å². The first-order chi connectivity index (χ1) is 11.1. The number of carbonyl (C=O) groups is 1. The first kappa shape index (κ1) is 17.7. The highest BCUT2D eigenvalue weighted by Crippen LogP contribution is 2.36. The molecular formula is C18H24ClNO3. The van der Waals surface area contributed by atoms with Crippen molar-refractivity contribution in [3.8, 4) is 11.5 Å². The van der Waals surface area contributed by atoms with E-state index >= 15 is 0 Å². The summed E-state index contributed by atoms with van der Waals surface area (Å²) in [5.74, 6) is 1.14. The second-order valence-corrected chi connectivity index (χ2v) is 6.08. The minimum Gasteiger partial charge on any atom is -0.491 e. The molecule has 0 aromatic heterocycles. The standard InChI is InChI=1S/C18H24ClNO3/c1-4-23-16-12-14(11-15(19)18(16)22-3)8-9-17(21)20-10-6-5-7-13(20)2/h8-9,11-13H,4-7,10H2,1-3H3/b9-8+. The van der Waals surface area contributed by atoms with Gasteiger partial charge in [0, 0.05) is 18.7 Å². The molecule has 1 aromatic carbocycles. The van der Waals surface area contributed by atoms with Gasteiger partial charge in [-0.1, -0.05) is 11.6 Å². The van der Waals surface area contributed by atoms with Gasteiger partial charge in [0.25, 0.3) is 0 Å². The van der Waals surface area contributed by atoms with Crippen molar-refractivity contribution < 1.29 is 14.3 Å². The highest BCUT2D eigenvalue weighted by Gasteiger charge is 2.21. The van der Waals surface area contributed by atoms with Gasteiger partial charge in [0.1, 0.15) is 0 Å². The Labute approximate surface area is 143 Å². The molecule has 2 rings (SSSR count). The lowest BCUT2D eigenvalue weighted by atomic mass is 10.0. The number of likely N-dealkylation sites (tertiary alicyclic amines) is 1. The summed E-state index contributed by atoms with van der Waals surface area (Å²) in [6.07, 6.45) is 6.73. The molecule has 0 N–H and O–H groups in total. The van der Waals surface area contributed by atoms with Gasteiger partial charge in [-0.05, 0) is 56.9 Å². The van der Waals surface area contributed by atoms with Crippen LogP contribution in [0.5, 0.6) is 11.5 Å². The second-order valence-electron chi connectivity index (χ2n) is 5.68. The Balaban J connectivity index is 2.16. The van der Waals surface area contributed by atoms with Gasteiger partial charge < -0.3 is 14.4 Å². The van der Waals surface area contributed by atoms with E-state index < -0.39 is 0 Å². The van der Waals surface area contributed by atoms with Crippen LogP contribution in [0.15, 0.2) is 18.2 Å². The average molecular weight is 338 g/mol. The van der Waals surface area contributed by atoms with Crippen LogP contribution in [0.3, 0.4) is 0 Å². The van der Waals surface area contributed by atoms with Crippen molar-refractivity contribution in [2.24, 2.45) is 0 Å². The van der Waals surface area contributed by atoms with E-state index in [0.29, 0.717) is 29.2 Å². The molecule has 1 aliphatic rings. The number of methoxy groups -OCH3 is 1. The lowest BCUT2D eigenvalue weighted by Crippen LogP contribution is -2.41. The maximum absolute atomic E-state index is 12.4. The molecule has 5 heteroatoms. The Morgan fingerprint density at radius 1 is 1.43 bits per heavy atom. The zero-order valence-corrected chi connectivity index (χ0v) is 14.7. The van der Waals surface area contributed by atoms with Gasteiger partial charge in [-0.2, -0.15) is 0 Å². The van der Waals surface area contributed by atoms with E-state index in [-0.39, 0.29) is 5.91 Å². The minimum atomic E-state index is 0.0436. The minimum absolute atomic E-state index is 0.0436. The topological polar surface area (TPSA) is 38.8 Å². The van der Waals surface area contributed by atoms with E-state index in [1.807, 2.05) is 17.9 Å². The highest BCUT2D eigenvalue weighted by atomic mass is 35.5. The van der Waals surface area contributed by atoms with E-state index in [1.54, 1.807) is 25.3 Å². The summed E-state index contributed by atoms with van der Waals surface area (Å²) in [6.45, 7) is 5.35. The number of hydrogen-bond donors (Lipinski definition) is 0. The molecule has 0 bridgehead atoms. The molecule has 23 heavy (non-hydrogen) atoms. The van der Waals surface area contributed by atoms with Crippen molar-refractivity contribution in [2.45, 2.75) is 39.2 Å². The SMILES string of the molecule is CCOc1cc(/C=C/C(=O)N2CCCCC2C)cc(Cl)c1OC. The lowest BCUT2D eigenvalue weighted by molar-refractivity contribution is -0.129. The number of nitrogens with zero attached hydrogens (tertiary/aromatic N) is 1. The summed E-state index contributed by atoms with van der Waals surface area (Å²) in [5, 5.41) is 0.469. The molecule has 1 amide bonds. The Kier molecular flexibility index (Phi) is 6.34. The Hall–Kier alpha value is -1.68. The van der Waals surface area contributed by atoms with Crippen molar-refractivity contribution >= 4 is 23.6 Å². The van der Waals surface area contributed by atoms with Gasteiger partial charge in [-0.15, -0.1) is 0 Å². The van der Waals surface area contributed by atoms with Crippen molar-refractivity contribution in [3.05, 3.63) is 28.8 Å². The summed E-state index contributed by atoms with van der Waals surface area (Å²) < 4.78 is 10.8. The highest BCUT2D eigenvalue weighted by molar-refractivity contribution is 6.32. The van der Waals surface area contributed by atoms with E-state index in [9.17, 15) is 4.79 Å². The third-order valence-electron chi connectivity index (χ3n) is 4.04. The second kappa shape index (κ2) is 8.25. The zero-order chi connectivity index (χ0) is 16.8. The maximum atomic E-state index is 12.4. The van der Waals surface area contributed by atoms with Gasteiger partial charge in [0.05, 0.1) is 18.7 Å². The number of carbonyl (C=O) groups excluding carboxylic acids is 1. The first-order valence-electron chi connectivity index (χ1n) is 8.05. The third kappa shape index (κ3) is 4.41. The smallest absolute Gasteiger partial charge is 0.246 e. The van der Waals surface area contributed by atoms with Gasteiger partial charge in [-0.3, -0.25) is 4.79 Å². The van der Waals surface area contributed by atoms with Gasteiger partial charge in [0.15, 0.2) is 11.5 Å². The van der Waals surface area contributed by atoms with Gasteiger partial charge >= 0.3 is 0 Å². The predicted molar refractivity (Wildman–Crippen MR) is 93.2 cm³/mol. The first-order valence-corrected chi connectivity index (χ1v) is 8.43. The van der Waals surface area contributed by atoms with E-state index in [0.717, 1.165) is 24.9 Å². The molecule has 1 fully saturated rings. The monoisotopic (exact) mass is 337 g/mol. The van der Waals surface area contributed by atoms with Crippen molar-refractivity contribution in [1.29, 1.82) is 0 Å². The molecule has 1 unspecified atom stereocenters. The molecule has 0 aliphatic carbocycles. The molecule has 0 saturated carbocycles. The van der Waals surface area contributed by atoms with Crippen molar-refractivity contribution in [3.63, 3.8) is 0 Å². The van der Waals surface area contributed by atoms with Crippen LogP contribution in [0, 0.1) is 0 Å². The number of hydrogen-bond acceptors (Lipinski definition) is 3. The number of halogens is 1. The quantitative estimate of drug-likeness (QED) is 0.757. The van der Waals surface area contributed by atoms with E-state index in [1.165, 1.54) is 6.42 Å². The average Bonchev–Trinajstić information content (AvgIpc) is 2.53. The summed E-state index contributed by atoms with van der Waals surface area (Å²) in [4.78, 5) is 14.3. The molecular weight excluding hydrogens is 314 g/mol. The van der Waals surface area contributed by atoms with Crippen LogP contribution in [0.4, 0.5) is 0 Å². The molecule has 126 valence electrons. The third-order valence-corrected chi connectivity index (χ3v) is 4.32. The number of benzene rings is 1. The maximum Gasteiger partial charge on any atom is 0.246 e. The van der Waals surface area contributed by atoms with E-state index in [4.69, 9.17) is 21.1 Å². The molecule has 1 aromatic rings.